The zero-order chi connectivity index (χ0) is 16.0. The van der Waals surface area contributed by atoms with Gasteiger partial charge in [-0.1, -0.05) is 11.6 Å². The molecule has 8 heteroatoms. The van der Waals surface area contributed by atoms with Gasteiger partial charge in [-0.25, -0.2) is 15.0 Å². The van der Waals surface area contributed by atoms with Gasteiger partial charge in [-0.2, -0.15) is 0 Å². The van der Waals surface area contributed by atoms with E-state index in [-0.39, 0.29) is 5.56 Å². The molecule has 0 amide bonds. The molecule has 1 N–H and O–H groups in total. The maximum absolute atomic E-state index is 12.0. The van der Waals surface area contributed by atoms with Gasteiger partial charge < -0.3 is 9.88 Å². The highest BCUT2D eigenvalue weighted by atomic mass is 35.5. The second-order valence-electron chi connectivity index (χ2n) is 5.68. The Bertz CT molecular complexity index is 933. The maximum Gasteiger partial charge on any atom is 0.268 e. The number of H-pyrrole nitrogens is 1. The smallest absolute Gasteiger partial charge is 0.268 e. The summed E-state index contributed by atoms with van der Waals surface area (Å²) in [5, 5.41) is 2.31. The van der Waals surface area contributed by atoms with Crippen LogP contribution in [-0.4, -0.2) is 27.0 Å². The standard InChI is InChI=1S/C15H14ClN5OS/c1-21(12-6-10(16)18-14(20-12)8-2-3-8)7-11-17-9-4-5-23-13(9)15(22)19-11/h4-6,8H,2-3,7H2,1H3,(H,17,19,22). The first-order valence-corrected chi connectivity index (χ1v) is 8.58. The Morgan fingerprint density at radius 3 is 3.00 bits per heavy atom. The Balaban J connectivity index is 1.63. The van der Waals surface area contributed by atoms with Crippen LogP contribution in [0, 0.1) is 0 Å². The van der Waals surface area contributed by atoms with Crippen molar-refractivity contribution in [2.24, 2.45) is 0 Å². The second kappa shape index (κ2) is 5.58. The van der Waals surface area contributed by atoms with Gasteiger partial charge in [0.1, 0.15) is 27.3 Å². The summed E-state index contributed by atoms with van der Waals surface area (Å²) in [6, 6.07) is 3.58. The predicted molar refractivity (Wildman–Crippen MR) is 91.4 cm³/mol. The van der Waals surface area contributed by atoms with E-state index < -0.39 is 0 Å². The number of halogens is 1. The molecule has 0 bridgehead atoms. The van der Waals surface area contributed by atoms with Crippen LogP contribution in [0.1, 0.15) is 30.4 Å². The summed E-state index contributed by atoms with van der Waals surface area (Å²) in [6.45, 7) is 0.443. The molecule has 0 aromatic carbocycles. The zero-order valence-corrected chi connectivity index (χ0v) is 14.0. The van der Waals surface area contributed by atoms with E-state index in [9.17, 15) is 4.79 Å². The number of fused-ring (bicyclic) bond motifs is 1. The number of anilines is 1. The molecule has 0 spiro atoms. The first kappa shape index (κ1) is 14.6. The average molecular weight is 348 g/mol. The molecular weight excluding hydrogens is 334 g/mol. The largest absolute Gasteiger partial charge is 0.352 e. The van der Waals surface area contributed by atoms with Crippen molar-refractivity contribution in [3.05, 3.63) is 44.7 Å². The molecule has 0 atom stereocenters. The van der Waals surface area contributed by atoms with Crippen LogP contribution in [0.25, 0.3) is 10.2 Å². The van der Waals surface area contributed by atoms with Crippen molar-refractivity contribution in [2.75, 3.05) is 11.9 Å². The highest BCUT2D eigenvalue weighted by Gasteiger charge is 2.27. The van der Waals surface area contributed by atoms with Gasteiger partial charge in [-0.3, -0.25) is 4.79 Å². The third kappa shape index (κ3) is 2.94. The van der Waals surface area contributed by atoms with E-state index in [0.717, 1.165) is 30.0 Å². The monoisotopic (exact) mass is 347 g/mol. The number of thiophene rings is 1. The van der Waals surface area contributed by atoms with Gasteiger partial charge in [0, 0.05) is 19.0 Å². The Labute approximate surface area is 141 Å². The molecule has 0 aliphatic heterocycles. The van der Waals surface area contributed by atoms with Crippen LogP contribution >= 0.6 is 22.9 Å². The molecule has 4 rings (SSSR count). The zero-order valence-electron chi connectivity index (χ0n) is 12.4. The fourth-order valence-electron chi connectivity index (χ4n) is 2.44. The topological polar surface area (TPSA) is 74.8 Å². The second-order valence-corrected chi connectivity index (χ2v) is 6.99. The van der Waals surface area contributed by atoms with Crippen LogP contribution < -0.4 is 10.5 Å². The minimum Gasteiger partial charge on any atom is -0.352 e. The van der Waals surface area contributed by atoms with Crippen LogP contribution in [0.4, 0.5) is 5.82 Å². The van der Waals surface area contributed by atoms with E-state index in [1.165, 1.54) is 11.3 Å². The summed E-state index contributed by atoms with van der Waals surface area (Å²) in [4.78, 5) is 30.1. The Hall–Kier alpha value is -1.99. The SMILES string of the molecule is CN(Cc1nc2ccsc2c(=O)[nH]1)c1cc(Cl)nc(C2CC2)n1. The molecule has 6 nitrogen and oxygen atoms in total. The van der Waals surface area contributed by atoms with Crippen molar-refractivity contribution < 1.29 is 0 Å². The van der Waals surface area contributed by atoms with Crippen molar-refractivity contribution in [3.8, 4) is 0 Å². The number of hydrogen-bond acceptors (Lipinski definition) is 6. The number of rotatable bonds is 4. The number of aromatic amines is 1. The molecule has 0 saturated heterocycles. The quantitative estimate of drug-likeness (QED) is 0.734. The van der Waals surface area contributed by atoms with E-state index in [1.807, 2.05) is 23.4 Å². The van der Waals surface area contributed by atoms with Gasteiger partial charge in [0.25, 0.3) is 5.56 Å². The normalized spacial score (nSPS) is 14.3. The van der Waals surface area contributed by atoms with Crippen molar-refractivity contribution in [1.29, 1.82) is 0 Å². The lowest BCUT2D eigenvalue weighted by Gasteiger charge is -2.18. The minimum absolute atomic E-state index is 0.104. The van der Waals surface area contributed by atoms with Crippen molar-refractivity contribution in [2.45, 2.75) is 25.3 Å². The van der Waals surface area contributed by atoms with Gasteiger partial charge in [0.15, 0.2) is 0 Å². The van der Waals surface area contributed by atoms with Gasteiger partial charge in [0.05, 0.1) is 12.1 Å². The van der Waals surface area contributed by atoms with Crippen LogP contribution in [0.3, 0.4) is 0 Å². The summed E-state index contributed by atoms with van der Waals surface area (Å²) in [5.41, 5.74) is 0.620. The number of aromatic nitrogens is 4. The van der Waals surface area contributed by atoms with E-state index in [1.54, 1.807) is 6.07 Å². The third-order valence-electron chi connectivity index (χ3n) is 3.78. The minimum atomic E-state index is -0.104. The molecule has 1 saturated carbocycles. The molecule has 118 valence electrons. The van der Waals surface area contributed by atoms with E-state index in [0.29, 0.717) is 28.1 Å². The Morgan fingerprint density at radius 1 is 1.39 bits per heavy atom. The van der Waals surface area contributed by atoms with Crippen molar-refractivity contribution >= 4 is 39.0 Å². The van der Waals surface area contributed by atoms with Gasteiger partial charge in [-0.05, 0) is 24.3 Å². The fraction of sp³-hybridized carbons (Fsp3) is 0.333. The highest BCUT2D eigenvalue weighted by molar-refractivity contribution is 7.17. The Kier molecular flexibility index (Phi) is 3.54. The summed E-state index contributed by atoms with van der Waals surface area (Å²) in [5.74, 6) is 2.57. The molecule has 0 radical (unpaired) electrons. The van der Waals surface area contributed by atoms with Crippen LogP contribution in [0.15, 0.2) is 22.3 Å². The molecule has 1 fully saturated rings. The van der Waals surface area contributed by atoms with E-state index >= 15 is 0 Å². The third-order valence-corrected chi connectivity index (χ3v) is 4.88. The van der Waals surface area contributed by atoms with Gasteiger partial charge in [0.2, 0.25) is 0 Å². The lowest BCUT2D eigenvalue weighted by Crippen LogP contribution is -2.22. The van der Waals surface area contributed by atoms with Crippen LogP contribution in [0.5, 0.6) is 0 Å². The number of nitrogens with one attached hydrogen (secondary N) is 1. The Morgan fingerprint density at radius 2 is 2.22 bits per heavy atom. The van der Waals surface area contributed by atoms with E-state index in [4.69, 9.17) is 11.6 Å². The fourth-order valence-corrected chi connectivity index (χ4v) is 3.35. The summed E-state index contributed by atoms with van der Waals surface area (Å²) < 4.78 is 0.650. The first-order chi connectivity index (χ1) is 11.1. The van der Waals surface area contributed by atoms with Crippen LogP contribution in [0.2, 0.25) is 5.15 Å². The summed E-state index contributed by atoms with van der Waals surface area (Å²) >= 11 is 7.50. The predicted octanol–water partition coefficient (Wildman–Crippen LogP) is 2.94. The molecule has 3 aromatic heterocycles. The lowest BCUT2D eigenvalue weighted by atomic mass is 10.3. The number of nitrogens with zero attached hydrogens (tertiary/aromatic N) is 4. The molecule has 23 heavy (non-hydrogen) atoms. The molecule has 3 aromatic rings. The maximum atomic E-state index is 12.0. The first-order valence-electron chi connectivity index (χ1n) is 7.32. The molecular formula is C15H14ClN5OS. The summed E-state index contributed by atoms with van der Waals surface area (Å²) in [6.07, 6.45) is 2.24. The number of hydrogen-bond donors (Lipinski definition) is 1. The average Bonchev–Trinajstić information content (AvgIpc) is 3.25. The van der Waals surface area contributed by atoms with Crippen LogP contribution in [-0.2, 0) is 6.54 Å². The van der Waals surface area contributed by atoms with E-state index in [2.05, 4.69) is 19.9 Å². The lowest BCUT2D eigenvalue weighted by molar-refractivity contribution is 0.810. The molecule has 3 heterocycles. The van der Waals surface area contributed by atoms with Gasteiger partial charge >= 0.3 is 0 Å². The molecule has 0 unspecified atom stereocenters. The highest BCUT2D eigenvalue weighted by Crippen LogP contribution is 2.39. The summed E-state index contributed by atoms with van der Waals surface area (Å²) in [7, 11) is 1.90. The van der Waals surface area contributed by atoms with Gasteiger partial charge in [-0.15, -0.1) is 11.3 Å². The van der Waals surface area contributed by atoms with Crippen molar-refractivity contribution in [1.82, 2.24) is 19.9 Å². The van der Waals surface area contributed by atoms with Crippen molar-refractivity contribution in [3.63, 3.8) is 0 Å². The molecule has 1 aliphatic rings. The molecule has 1 aliphatic carbocycles.